The van der Waals surface area contributed by atoms with Crippen LogP contribution in [-0.2, 0) is 16.0 Å². The Morgan fingerprint density at radius 2 is 1.94 bits per heavy atom. The number of quaternary nitrogens is 1. The molecular weight excluding hydrogens is 202 g/mol. The van der Waals surface area contributed by atoms with Crippen molar-refractivity contribution >= 4 is 5.97 Å². The summed E-state index contributed by atoms with van der Waals surface area (Å²) in [5.74, 6) is -0.179. The number of ether oxygens (including phenoxy) is 1. The minimum Gasteiger partial charge on any atom is -0.466 e. The molecule has 88 valence electrons. The van der Waals surface area contributed by atoms with Gasteiger partial charge in [-0.1, -0.05) is 31.2 Å². The number of benzene rings is 1. The lowest BCUT2D eigenvalue weighted by Gasteiger charge is -2.08. The minimum atomic E-state index is -0.179. The van der Waals surface area contributed by atoms with Crippen LogP contribution in [0.2, 0.25) is 0 Å². The van der Waals surface area contributed by atoms with Gasteiger partial charge in [0.2, 0.25) is 0 Å². The first-order valence-corrected chi connectivity index (χ1v) is 5.74. The zero-order valence-corrected chi connectivity index (χ0v) is 10.0. The monoisotopic (exact) mass is 222 g/mol. The van der Waals surface area contributed by atoms with Crippen molar-refractivity contribution in [3.05, 3.63) is 35.4 Å². The van der Waals surface area contributed by atoms with Crippen molar-refractivity contribution in [1.82, 2.24) is 0 Å². The molecule has 0 saturated carbocycles. The molecule has 0 aliphatic heterocycles. The van der Waals surface area contributed by atoms with Crippen molar-refractivity contribution in [3.8, 4) is 0 Å². The Labute approximate surface area is 96.6 Å². The maximum absolute atomic E-state index is 11.3. The van der Waals surface area contributed by atoms with Gasteiger partial charge in [0, 0.05) is 5.56 Å². The summed E-state index contributed by atoms with van der Waals surface area (Å²) in [4.78, 5) is 11.3. The van der Waals surface area contributed by atoms with Gasteiger partial charge in [-0.05, 0) is 18.9 Å². The molecule has 0 amide bonds. The van der Waals surface area contributed by atoms with Crippen LogP contribution in [0, 0.1) is 0 Å². The van der Waals surface area contributed by atoms with Gasteiger partial charge in [0.15, 0.2) is 0 Å². The van der Waals surface area contributed by atoms with Crippen LogP contribution in [0.1, 0.15) is 37.4 Å². The quantitative estimate of drug-likeness (QED) is 0.767. The predicted molar refractivity (Wildman–Crippen MR) is 62.7 cm³/mol. The van der Waals surface area contributed by atoms with Crippen molar-refractivity contribution < 1.29 is 15.3 Å². The predicted octanol–water partition coefficient (Wildman–Crippen LogP) is 1.49. The molecule has 3 N–H and O–H groups in total. The van der Waals surface area contributed by atoms with Crippen molar-refractivity contribution in [1.29, 1.82) is 0 Å². The molecule has 0 radical (unpaired) electrons. The first-order chi connectivity index (χ1) is 7.67. The molecule has 0 saturated heterocycles. The van der Waals surface area contributed by atoms with Gasteiger partial charge in [-0.2, -0.15) is 0 Å². The second-order valence-corrected chi connectivity index (χ2v) is 3.80. The summed E-state index contributed by atoms with van der Waals surface area (Å²) < 4.78 is 4.90. The third kappa shape index (κ3) is 3.66. The summed E-state index contributed by atoms with van der Waals surface area (Å²) in [5, 5.41) is 0. The summed E-state index contributed by atoms with van der Waals surface area (Å²) in [5.41, 5.74) is 6.37. The highest BCUT2D eigenvalue weighted by Crippen LogP contribution is 2.14. The number of esters is 1. The van der Waals surface area contributed by atoms with Crippen LogP contribution in [0.15, 0.2) is 24.3 Å². The van der Waals surface area contributed by atoms with E-state index in [1.807, 2.05) is 19.1 Å². The lowest BCUT2D eigenvalue weighted by Crippen LogP contribution is -2.54. The SMILES string of the molecule is CCOC(=O)C[C@H]([NH3+])c1ccc(CC)cc1. The molecule has 0 spiro atoms. The summed E-state index contributed by atoms with van der Waals surface area (Å²) in [6, 6.07) is 8.22. The van der Waals surface area contributed by atoms with Gasteiger partial charge in [0.05, 0.1) is 6.61 Å². The Kier molecular flexibility index (Phi) is 4.99. The number of rotatable bonds is 5. The highest BCUT2D eigenvalue weighted by Gasteiger charge is 2.15. The zero-order valence-electron chi connectivity index (χ0n) is 10.0. The van der Waals surface area contributed by atoms with Crippen LogP contribution < -0.4 is 5.73 Å². The van der Waals surface area contributed by atoms with E-state index in [2.05, 4.69) is 24.8 Å². The van der Waals surface area contributed by atoms with Gasteiger partial charge in [0.1, 0.15) is 12.5 Å². The summed E-state index contributed by atoms with van der Waals surface area (Å²) in [7, 11) is 0. The van der Waals surface area contributed by atoms with Crippen LogP contribution in [0.3, 0.4) is 0 Å². The third-order valence-electron chi connectivity index (χ3n) is 2.58. The van der Waals surface area contributed by atoms with E-state index in [0.717, 1.165) is 12.0 Å². The molecule has 16 heavy (non-hydrogen) atoms. The van der Waals surface area contributed by atoms with Crippen molar-refractivity contribution in [2.24, 2.45) is 0 Å². The molecule has 1 aromatic rings. The normalized spacial score (nSPS) is 12.2. The average Bonchev–Trinajstić information content (AvgIpc) is 2.29. The molecule has 0 fully saturated rings. The molecule has 1 rings (SSSR count). The lowest BCUT2D eigenvalue weighted by atomic mass is 10.0. The van der Waals surface area contributed by atoms with E-state index in [-0.39, 0.29) is 12.0 Å². The van der Waals surface area contributed by atoms with E-state index in [0.29, 0.717) is 13.0 Å². The van der Waals surface area contributed by atoms with Crippen molar-refractivity contribution in [2.75, 3.05) is 6.61 Å². The number of aryl methyl sites for hydroxylation is 1. The van der Waals surface area contributed by atoms with E-state index >= 15 is 0 Å². The van der Waals surface area contributed by atoms with Gasteiger partial charge in [-0.3, -0.25) is 4.79 Å². The molecule has 0 aliphatic rings. The molecule has 0 aromatic heterocycles. The Morgan fingerprint density at radius 1 is 1.31 bits per heavy atom. The Morgan fingerprint density at radius 3 is 2.44 bits per heavy atom. The van der Waals surface area contributed by atoms with E-state index in [1.165, 1.54) is 5.56 Å². The van der Waals surface area contributed by atoms with Crippen LogP contribution in [0.25, 0.3) is 0 Å². The Balaban J connectivity index is 2.58. The second-order valence-electron chi connectivity index (χ2n) is 3.80. The van der Waals surface area contributed by atoms with Gasteiger partial charge in [-0.15, -0.1) is 0 Å². The minimum absolute atomic E-state index is 0.0232. The van der Waals surface area contributed by atoms with Gasteiger partial charge in [-0.25, -0.2) is 0 Å². The zero-order chi connectivity index (χ0) is 12.0. The summed E-state index contributed by atoms with van der Waals surface area (Å²) >= 11 is 0. The highest BCUT2D eigenvalue weighted by atomic mass is 16.5. The molecule has 3 nitrogen and oxygen atoms in total. The standard InChI is InChI=1S/C13H19NO2/c1-3-10-5-7-11(8-6-10)12(14)9-13(15)16-4-2/h5-8,12H,3-4,9,14H2,1-2H3/p+1/t12-/m0/s1. The molecule has 1 aromatic carbocycles. The molecule has 0 unspecified atom stereocenters. The van der Waals surface area contributed by atoms with Gasteiger partial charge < -0.3 is 10.5 Å². The summed E-state index contributed by atoms with van der Waals surface area (Å²) in [6.07, 6.45) is 1.37. The maximum Gasteiger partial charge on any atom is 0.312 e. The Hall–Kier alpha value is -1.35. The molecule has 0 aliphatic carbocycles. The summed E-state index contributed by atoms with van der Waals surface area (Å²) in [6.45, 7) is 4.36. The lowest BCUT2D eigenvalue weighted by molar-refractivity contribution is -0.425. The number of carbonyl (C=O) groups is 1. The Bertz CT molecular complexity index is 332. The fourth-order valence-corrected chi connectivity index (χ4v) is 1.56. The highest BCUT2D eigenvalue weighted by molar-refractivity contribution is 5.70. The molecule has 3 heteroatoms. The molecule has 0 heterocycles. The van der Waals surface area contributed by atoms with E-state index in [9.17, 15) is 4.79 Å². The molecule has 0 bridgehead atoms. The van der Waals surface area contributed by atoms with Crippen molar-refractivity contribution in [2.45, 2.75) is 32.7 Å². The first kappa shape index (κ1) is 12.7. The smallest absolute Gasteiger partial charge is 0.312 e. The van der Waals surface area contributed by atoms with Crippen LogP contribution in [-0.4, -0.2) is 12.6 Å². The van der Waals surface area contributed by atoms with E-state index in [1.54, 1.807) is 0 Å². The fourth-order valence-electron chi connectivity index (χ4n) is 1.56. The van der Waals surface area contributed by atoms with E-state index in [4.69, 9.17) is 4.74 Å². The largest absolute Gasteiger partial charge is 0.466 e. The maximum atomic E-state index is 11.3. The number of hydrogen-bond acceptors (Lipinski definition) is 2. The average molecular weight is 222 g/mol. The van der Waals surface area contributed by atoms with Gasteiger partial charge in [0.25, 0.3) is 0 Å². The first-order valence-electron chi connectivity index (χ1n) is 5.74. The van der Waals surface area contributed by atoms with E-state index < -0.39 is 0 Å². The topological polar surface area (TPSA) is 53.9 Å². The number of carbonyl (C=O) groups excluding carboxylic acids is 1. The molecular formula is C13H20NO2+. The van der Waals surface area contributed by atoms with Crippen LogP contribution in [0.4, 0.5) is 0 Å². The van der Waals surface area contributed by atoms with Crippen LogP contribution in [0.5, 0.6) is 0 Å². The third-order valence-corrected chi connectivity index (χ3v) is 2.58. The molecule has 1 atom stereocenters. The second kappa shape index (κ2) is 6.28. The number of hydrogen-bond donors (Lipinski definition) is 1. The van der Waals surface area contributed by atoms with Gasteiger partial charge >= 0.3 is 5.97 Å². The van der Waals surface area contributed by atoms with Crippen LogP contribution >= 0.6 is 0 Å². The fraction of sp³-hybridized carbons (Fsp3) is 0.462. The van der Waals surface area contributed by atoms with Crippen molar-refractivity contribution in [3.63, 3.8) is 0 Å².